The highest BCUT2D eigenvalue weighted by molar-refractivity contribution is 7.98. The molecule has 0 radical (unpaired) electrons. The van der Waals surface area contributed by atoms with E-state index in [-0.39, 0.29) is 6.10 Å². The molecule has 0 saturated carbocycles. The minimum Gasteiger partial charge on any atom is -0.474 e. The van der Waals surface area contributed by atoms with Gasteiger partial charge in [0.25, 0.3) is 0 Å². The Balaban J connectivity index is 2.45. The number of halogens is 1. The summed E-state index contributed by atoms with van der Waals surface area (Å²) in [6.45, 7) is 5.94. The molecule has 2 heterocycles. The van der Waals surface area contributed by atoms with Gasteiger partial charge in [0.1, 0.15) is 5.15 Å². The van der Waals surface area contributed by atoms with E-state index in [0.717, 1.165) is 28.5 Å². The molecule has 0 bridgehead atoms. The van der Waals surface area contributed by atoms with Gasteiger partial charge in [-0.2, -0.15) is 11.8 Å². The number of nitrogens with zero attached hydrogens (tertiary/aromatic N) is 2. The Morgan fingerprint density at radius 2 is 2.05 bits per heavy atom. The fourth-order valence-electron chi connectivity index (χ4n) is 2.23. The fraction of sp³-hybridized carbons (Fsp3) is 0.500. The highest BCUT2D eigenvalue weighted by Gasteiger charge is 2.21. The number of hydrogen-bond donors (Lipinski definition) is 1. The lowest BCUT2D eigenvalue weighted by Gasteiger charge is -2.22. The first kappa shape index (κ1) is 17.3. The van der Waals surface area contributed by atoms with Crippen molar-refractivity contribution in [2.75, 3.05) is 12.0 Å². The highest BCUT2D eigenvalue weighted by Crippen LogP contribution is 2.32. The minimum atomic E-state index is -0.515. The Bertz CT molecular complexity index is 658. The first-order chi connectivity index (χ1) is 10.3. The summed E-state index contributed by atoms with van der Waals surface area (Å²) in [7, 11) is 0. The van der Waals surface area contributed by atoms with Crippen LogP contribution < -0.4 is 10.5 Å². The highest BCUT2D eigenvalue weighted by atomic mass is 35.5. The summed E-state index contributed by atoms with van der Waals surface area (Å²) in [6, 6.07) is 1.82. The van der Waals surface area contributed by atoms with Crippen LogP contribution in [0.3, 0.4) is 0 Å². The fourth-order valence-corrected chi connectivity index (χ4v) is 2.95. The Hall–Kier alpha value is -1.04. The molecular weight excluding hydrogens is 318 g/mol. The second kappa shape index (κ2) is 7.02. The number of aromatic nitrogens is 2. The van der Waals surface area contributed by atoms with Crippen molar-refractivity contribution in [3.05, 3.63) is 29.2 Å². The van der Waals surface area contributed by atoms with Gasteiger partial charge in [0.15, 0.2) is 0 Å². The van der Waals surface area contributed by atoms with Crippen LogP contribution in [0.5, 0.6) is 5.88 Å². The second-order valence-electron chi connectivity index (χ2n) is 5.96. The van der Waals surface area contributed by atoms with E-state index < -0.39 is 5.54 Å². The molecule has 4 nitrogen and oxygen atoms in total. The standard InChI is InChI=1S/C16H22ClN3OS/c1-10(5-6-22-4)21-15-12-8-19-14(17)7-11(12)13(9-20-15)16(2,3)18/h7-10H,5-6,18H2,1-4H3. The van der Waals surface area contributed by atoms with Crippen molar-refractivity contribution in [3.63, 3.8) is 0 Å². The van der Waals surface area contributed by atoms with Crippen molar-refractivity contribution < 1.29 is 4.74 Å². The van der Waals surface area contributed by atoms with E-state index in [2.05, 4.69) is 16.2 Å². The quantitative estimate of drug-likeness (QED) is 0.806. The molecule has 6 heteroatoms. The summed E-state index contributed by atoms with van der Waals surface area (Å²) in [5.74, 6) is 1.64. The van der Waals surface area contributed by atoms with Crippen LogP contribution >= 0.6 is 23.4 Å². The summed E-state index contributed by atoms with van der Waals surface area (Å²) in [6.07, 6.45) is 6.63. The molecule has 0 fully saturated rings. The summed E-state index contributed by atoms with van der Waals surface area (Å²) >= 11 is 7.86. The maximum atomic E-state index is 6.24. The molecule has 22 heavy (non-hydrogen) atoms. The monoisotopic (exact) mass is 339 g/mol. The normalized spacial score (nSPS) is 13.4. The van der Waals surface area contributed by atoms with Crippen LogP contribution in [0, 0.1) is 0 Å². The van der Waals surface area contributed by atoms with Crippen molar-refractivity contribution in [2.45, 2.75) is 38.8 Å². The number of hydrogen-bond acceptors (Lipinski definition) is 5. The zero-order valence-electron chi connectivity index (χ0n) is 13.4. The SMILES string of the molecule is CSCCC(C)Oc1ncc(C(C)(C)N)c2cc(Cl)ncc12. The lowest BCUT2D eigenvalue weighted by molar-refractivity contribution is 0.213. The number of ether oxygens (including phenoxy) is 1. The minimum absolute atomic E-state index is 0.0931. The maximum Gasteiger partial charge on any atom is 0.223 e. The van der Waals surface area contributed by atoms with Crippen molar-refractivity contribution >= 4 is 34.1 Å². The van der Waals surface area contributed by atoms with E-state index in [1.54, 1.807) is 24.2 Å². The van der Waals surface area contributed by atoms with Crippen molar-refractivity contribution in [2.24, 2.45) is 5.73 Å². The first-order valence-electron chi connectivity index (χ1n) is 7.22. The molecule has 0 aliphatic heterocycles. The second-order valence-corrected chi connectivity index (χ2v) is 7.33. The number of pyridine rings is 2. The average molecular weight is 340 g/mol. The number of thioether (sulfide) groups is 1. The van der Waals surface area contributed by atoms with Gasteiger partial charge in [-0.3, -0.25) is 0 Å². The van der Waals surface area contributed by atoms with Gasteiger partial charge in [0.05, 0.1) is 11.5 Å². The summed E-state index contributed by atoms with van der Waals surface area (Å²) in [4.78, 5) is 8.62. The molecular formula is C16H22ClN3OS. The van der Waals surface area contributed by atoms with Crippen LogP contribution in [0.25, 0.3) is 10.8 Å². The summed E-state index contributed by atoms with van der Waals surface area (Å²) < 4.78 is 5.99. The Labute approximate surface area is 140 Å². The molecule has 120 valence electrons. The van der Waals surface area contributed by atoms with Gasteiger partial charge in [-0.25, -0.2) is 9.97 Å². The van der Waals surface area contributed by atoms with Crippen LogP contribution in [-0.2, 0) is 5.54 Å². The molecule has 0 saturated heterocycles. The first-order valence-corrected chi connectivity index (χ1v) is 8.99. The maximum absolute atomic E-state index is 6.24. The molecule has 2 aromatic heterocycles. The molecule has 0 aliphatic carbocycles. The molecule has 1 unspecified atom stereocenters. The molecule has 0 spiro atoms. The van der Waals surface area contributed by atoms with Gasteiger partial charge < -0.3 is 10.5 Å². The summed E-state index contributed by atoms with van der Waals surface area (Å²) in [5, 5.41) is 2.22. The average Bonchev–Trinajstić information content (AvgIpc) is 2.43. The zero-order chi connectivity index (χ0) is 16.3. The van der Waals surface area contributed by atoms with Gasteiger partial charge in [-0.1, -0.05) is 11.6 Å². The third-order valence-electron chi connectivity index (χ3n) is 3.44. The van der Waals surface area contributed by atoms with E-state index >= 15 is 0 Å². The van der Waals surface area contributed by atoms with E-state index in [1.807, 2.05) is 26.8 Å². The molecule has 2 aromatic rings. The lowest BCUT2D eigenvalue weighted by atomic mass is 9.93. The largest absolute Gasteiger partial charge is 0.474 e. The van der Waals surface area contributed by atoms with Crippen LogP contribution in [0.1, 0.15) is 32.8 Å². The van der Waals surface area contributed by atoms with Gasteiger partial charge in [-0.05, 0) is 56.2 Å². The molecule has 1 atom stereocenters. The smallest absolute Gasteiger partial charge is 0.223 e. The van der Waals surface area contributed by atoms with Gasteiger partial charge in [0, 0.05) is 17.9 Å². The molecule has 0 amide bonds. The lowest BCUT2D eigenvalue weighted by Crippen LogP contribution is -2.29. The van der Waals surface area contributed by atoms with Crippen LogP contribution in [-0.4, -0.2) is 28.1 Å². The van der Waals surface area contributed by atoms with Crippen molar-refractivity contribution in [1.29, 1.82) is 0 Å². The number of fused-ring (bicyclic) bond motifs is 1. The number of rotatable bonds is 6. The Morgan fingerprint density at radius 1 is 1.32 bits per heavy atom. The van der Waals surface area contributed by atoms with E-state index in [1.165, 1.54) is 0 Å². The predicted molar refractivity (Wildman–Crippen MR) is 94.9 cm³/mol. The predicted octanol–water partition coefficient (Wildman–Crippen LogP) is 4.00. The Kier molecular flexibility index (Phi) is 5.53. The van der Waals surface area contributed by atoms with E-state index in [0.29, 0.717) is 11.0 Å². The molecule has 0 aromatic carbocycles. The molecule has 0 aliphatic rings. The van der Waals surface area contributed by atoms with E-state index in [4.69, 9.17) is 22.1 Å². The molecule has 2 rings (SSSR count). The van der Waals surface area contributed by atoms with Crippen molar-refractivity contribution in [1.82, 2.24) is 9.97 Å². The molecule has 2 N–H and O–H groups in total. The van der Waals surface area contributed by atoms with Crippen LogP contribution in [0.4, 0.5) is 0 Å². The third kappa shape index (κ3) is 4.03. The third-order valence-corrected chi connectivity index (χ3v) is 4.29. The van der Waals surface area contributed by atoms with Gasteiger partial charge >= 0.3 is 0 Å². The van der Waals surface area contributed by atoms with Gasteiger partial charge in [-0.15, -0.1) is 0 Å². The number of nitrogens with two attached hydrogens (primary N) is 1. The Morgan fingerprint density at radius 3 is 2.68 bits per heavy atom. The van der Waals surface area contributed by atoms with Gasteiger partial charge in [0.2, 0.25) is 5.88 Å². The zero-order valence-corrected chi connectivity index (χ0v) is 15.0. The van der Waals surface area contributed by atoms with Crippen LogP contribution in [0.2, 0.25) is 5.15 Å². The van der Waals surface area contributed by atoms with Crippen LogP contribution in [0.15, 0.2) is 18.5 Å². The van der Waals surface area contributed by atoms with Crippen molar-refractivity contribution in [3.8, 4) is 5.88 Å². The summed E-state index contributed by atoms with van der Waals surface area (Å²) in [5.41, 5.74) is 6.65. The topological polar surface area (TPSA) is 61.0 Å². The van der Waals surface area contributed by atoms with E-state index in [9.17, 15) is 0 Å².